The number of halogens is 1. The molecule has 1 rings (SSSR count). The van der Waals surface area contributed by atoms with Gasteiger partial charge in [-0.25, -0.2) is 9.18 Å². The number of hydrogen-bond donors (Lipinski definition) is 1. The number of benzene rings is 1. The number of carboxylic acids is 1. The molecule has 2 nitrogen and oxygen atoms in total. The van der Waals surface area contributed by atoms with E-state index in [2.05, 4.69) is 0 Å². The van der Waals surface area contributed by atoms with E-state index < -0.39 is 11.8 Å². The van der Waals surface area contributed by atoms with Crippen LogP contribution < -0.4 is 0 Å². The van der Waals surface area contributed by atoms with Crippen LogP contribution in [0.5, 0.6) is 0 Å². The minimum absolute atomic E-state index is 0.273. The summed E-state index contributed by atoms with van der Waals surface area (Å²) >= 11 is 1.56. The lowest BCUT2D eigenvalue weighted by Gasteiger charge is -2.00. The monoisotopic (exact) mass is 200 g/mol. The number of thioether (sulfide) groups is 1. The quantitative estimate of drug-likeness (QED) is 0.814. The zero-order valence-electron chi connectivity index (χ0n) is 7.08. The third-order valence-electron chi connectivity index (χ3n) is 1.57. The molecule has 4 heteroatoms. The van der Waals surface area contributed by atoms with Crippen LogP contribution in [0.15, 0.2) is 18.2 Å². The Morgan fingerprint density at radius 2 is 2.31 bits per heavy atom. The van der Waals surface area contributed by atoms with Crippen LogP contribution in [0.1, 0.15) is 15.9 Å². The summed E-state index contributed by atoms with van der Waals surface area (Å²) in [6.07, 6.45) is 1.91. The summed E-state index contributed by atoms with van der Waals surface area (Å²) in [4.78, 5) is 10.4. The molecule has 13 heavy (non-hydrogen) atoms. The highest BCUT2D eigenvalue weighted by atomic mass is 32.2. The van der Waals surface area contributed by atoms with E-state index in [0.29, 0.717) is 5.75 Å². The summed E-state index contributed by atoms with van der Waals surface area (Å²) in [6.45, 7) is 0. The normalized spacial score (nSPS) is 10.0. The van der Waals surface area contributed by atoms with Crippen molar-refractivity contribution in [1.82, 2.24) is 0 Å². The molecule has 1 aromatic rings. The van der Waals surface area contributed by atoms with Gasteiger partial charge >= 0.3 is 5.97 Å². The van der Waals surface area contributed by atoms with Gasteiger partial charge in [-0.2, -0.15) is 11.8 Å². The van der Waals surface area contributed by atoms with Gasteiger partial charge in [-0.15, -0.1) is 0 Å². The SMILES string of the molecule is CSCc1ccc(C(=O)O)c(F)c1. The van der Waals surface area contributed by atoms with Gasteiger partial charge in [0.25, 0.3) is 0 Å². The maximum atomic E-state index is 13.0. The molecule has 0 aliphatic heterocycles. The van der Waals surface area contributed by atoms with Crippen molar-refractivity contribution in [3.63, 3.8) is 0 Å². The fourth-order valence-corrected chi connectivity index (χ4v) is 1.50. The Morgan fingerprint density at radius 1 is 1.62 bits per heavy atom. The molecule has 1 N–H and O–H groups in total. The molecule has 0 aliphatic carbocycles. The molecule has 0 aliphatic rings. The second-order valence-corrected chi connectivity index (χ2v) is 3.42. The van der Waals surface area contributed by atoms with Gasteiger partial charge in [0.1, 0.15) is 5.82 Å². The van der Waals surface area contributed by atoms with Gasteiger partial charge in [-0.3, -0.25) is 0 Å². The Bertz CT molecular complexity index is 325. The summed E-state index contributed by atoms with van der Waals surface area (Å²) in [6, 6.07) is 4.19. The van der Waals surface area contributed by atoms with Crippen molar-refractivity contribution >= 4 is 17.7 Å². The first-order chi connectivity index (χ1) is 6.15. The molecular weight excluding hydrogens is 191 g/mol. The van der Waals surface area contributed by atoms with Gasteiger partial charge in [0.2, 0.25) is 0 Å². The minimum atomic E-state index is -1.23. The van der Waals surface area contributed by atoms with Crippen LogP contribution in [0, 0.1) is 5.82 Å². The molecule has 0 spiro atoms. The lowest BCUT2D eigenvalue weighted by atomic mass is 10.1. The molecule has 0 saturated heterocycles. The van der Waals surface area contributed by atoms with E-state index in [-0.39, 0.29) is 5.56 Å². The Labute approximate surface area is 79.8 Å². The summed E-state index contributed by atoms with van der Waals surface area (Å²) in [5.41, 5.74) is 0.528. The van der Waals surface area contributed by atoms with Gasteiger partial charge in [0, 0.05) is 5.75 Å². The molecule has 1 aromatic carbocycles. The fraction of sp³-hybridized carbons (Fsp3) is 0.222. The van der Waals surface area contributed by atoms with Gasteiger partial charge in [-0.05, 0) is 24.0 Å². The summed E-state index contributed by atoms with van der Waals surface area (Å²) in [5.74, 6) is -1.20. The van der Waals surface area contributed by atoms with Crippen molar-refractivity contribution in [1.29, 1.82) is 0 Å². The first kappa shape index (κ1) is 10.1. The van der Waals surface area contributed by atoms with E-state index in [4.69, 9.17) is 5.11 Å². The zero-order chi connectivity index (χ0) is 9.84. The third kappa shape index (κ3) is 2.45. The Kier molecular flexibility index (Phi) is 3.31. The number of carboxylic acid groups (broad SMARTS) is 1. The van der Waals surface area contributed by atoms with Crippen molar-refractivity contribution in [3.05, 3.63) is 35.1 Å². The molecule has 0 bridgehead atoms. The first-order valence-electron chi connectivity index (χ1n) is 3.66. The highest BCUT2D eigenvalue weighted by molar-refractivity contribution is 7.97. The molecule has 0 radical (unpaired) electrons. The topological polar surface area (TPSA) is 37.3 Å². The van der Waals surface area contributed by atoms with Crippen LogP contribution in [0.25, 0.3) is 0 Å². The molecule has 70 valence electrons. The molecule has 0 unspecified atom stereocenters. The number of aromatic carboxylic acids is 1. The molecule has 0 aromatic heterocycles. The fourth-order valence-electron chi connectivity index (χ4n) is 0.989. The van der Waals surface area contributed by atoms with Gasteiger partial charge < -0.3 is 5.11 Å². The van der Waals surface area contributed by atoms with Crippen molar-refractivity contribution in [2.75, 3.05) is 6.26 Å². The van der Waals surface area contributed by atoms with Crippen LogP contribution in [-0.2, 0) is 5.75 Å². The molecule has 0 atom stereocenters. The van der Waals surface area contributed by atoms with Crippen molar-refractivity contribution in [3.8, 4) is 0 Å². The van der Waals surface area contributed by atoms with Crippen LogP contribution in [-0.4, -0.2) is 17.3 Å². The smallest absolute Gasteiger partial charge is 0.338 e. The zero-order valence-corrected chi connectivity index (χ0v) is 7.90. The molecule has 0 amide bonds. The summed E-state index contributed by atoms with van der Waals surface area (Å²) in [5, 5.41) is 8.54. The molecule has 0 fully saturated rings. The summed E-state index contributed by atoms with van der Waals surface area (Å²) < 4.78 is 13.0. The molecule has 0 heterocycles. The van der Waals surface area contributed by atoms with E-state index >= 15 is 0 Å². The highest BCUT2D eigenvalue weighted by Crippen LogP contribution is 2.14. The van der Waals surface area contributed by atoms with Gasteiger partial charge in [0.05, 0.1) is 5.56 Å². The van der Waals surface area contributed by atoms with Crippen LogP contribution in [0.3, 0.4) is 0 Å². The van der Waals surface area contributed by atoms with E-state index in [1.165, 1.54) is 12.1 Å². The Balaban J connectivity index is 2.98. The van der Waals surface area contributed by atoms with Crippen molar-refractivity contribution in [2.45, 2.75) is 5.75 Å². The Hall–Kier alpha value is -1.03. The van der Waals surface area contributed by atoms with Gasteiger partial charge in [0.15, 0.2) is 0 Å². The van der Waals surface area contributed by atoms with E-state index in [0.717, 1.165) is 5.56 Å². The molecule has 0 saturated carbocycles. The average molecular weight is 200 g/mol. The standard InChI is InChI=1S/C9H9FO2S/c1-13-5-6-2-3-7(9(11)12)8(10)4-6/h2-4H,5H2,1H3,(H,11,12). The first-order valence-corrected chi connectivity index (χ1v) is 5.05. The van der Waals surface area contributed by atoms with Crippen LogP contribution in [0.4, 0.5) is 4.39 Å². The summed E-state index contributed by atoms with van der Waals surface area (Å²) in [7, 11) is 0. The predicted octanol–water partition coefficient (Wildman–Crippen LogP) is 2.39. The van der Waals surface area contributed by atoms with Crippen LogP contribution >= 0.6 is 11.8 Å². The maximum Gasteiger partial charge on any atom is 0.338 e. The second-order valence-electron chi connectivity index (χ2n) is 2.55. The van der Waals surface area contributed by atoms with E-state index in [9.17, 15) is 9.18 Å². The lowest BCUT2D eigenvalue weighted by molar-refractivity contribution is 0.0692. The van der Waals surface area contributed by atoms with E-state index in [1.54, 1.807) is 17.8 Å². The van der Waals surface area contributed by atoms with Crippen LogP contribution in [0.2, 0.25) is 0 Å². The Morgan fingerprint density at radius 3 is 2.77 bits per heavy atom. The van der Waals surface area contributed by atoms with Crippen molar-refractivity contribution < 1.29 is 14.3 Å². The maximum absolute atomic E-state index is 13.0. The predicted molar refractivity (Wildman–Crippen MR) is 50.6 cm³/mol. The lowest BCUT2D eigenvalue weighted by Crippen LogP contribution is -2.00. The third-order valence-corrected chi connectivity index (χ3v) is 2.20. The largest absolute Gasteiger partial charge is 0.478 e. The highest BCUT2D eigenvalue weighted by Gasteiger charge is 2.09. The number of hydrogen-bond acceptors (Lipinski definition) is 2. The van der Waals surface area contributed by atoms with Crippen molar-refractivity contribution in [2.24, 2.45) is 0 Å². The number of rotatable bonds is 3. The van der Waals surface area contributed by atoms with Gasteiger partial charge in [-0.1, -0.05) is 6.07 Å². The van der Waals surface area contributed by atoms with E-state index in [1.807, 2.05) is 6.26 Å². The molecular formula is C9H9FO2S. The second kappa shape index (κ2) is 4.28. The minimum Gasteiger partial charge on any atom is -0.478 e. The number of carbonyl (C=O) groups is 1. The average Bonchev–Trinajstić information content (AvgIpc) is 2.04.